The fourth-order valence-electron chi connectivity index (χ4n) is 2.57. The van der Waals surface area contributed by atoms with Crippen LogP contribution in [0.2, 0.25) is 0 Å². The first-order chi connectivity index (χ1) is 8.69. The van der Waals surface area contributed by atoms with Crippen molar-refractivity contribution in [3.63, 3.8) is 0 Å². The van der Waals surface area contributed by atoms with Crippen molar-refractivity contribution in [1.82, 2.24) is 9.88 Å². The summed E-state index contributed by atoms with van der Waals surface area (Å²) in [6, 6.07) is 6.17. The van der Waals surface area contributed by atoms with Gasteiger partial charge in [0.2, 0.25) is 0 Å². The maximum absolute atomic E-state index is 4.62. The van der Waals surface area contributed by atoms with Crippen LogP contribution in [0.4, 0.5) is 11.6 Å². The lowest BCUT2D eigenvalue weighted by atomic mass is 10.1. The Bertz CT molecular complexity index is 380. The van der Waals surface area contributed by atoms with Gasteiger partial charge in [-0.15, -0.1) is 0 Å². The molecule has 2 rings (SSSR count). The van der Waals surface area contributed by atoms with Gasteiger partial charge in [-0.3, -0.25) is 0 Å². The van der Waals surface area contributed by atoms with Crippen molar-refractivity contribution < 1.29 is 0 Å². The Hall–Kier alpha value is -1.29. The molecular formula is C14H24N4. The Balaban J connectivity index is 1.95. The molecule has 1 aliphatic heterocycles. The molecule has 1 unspecified atom stereocenters. The number of nitrogens with zero attached hydrogens (tertiary/aromatic N) is 3. The number of hydrogen-bond acceptors (Lipinski definition) is 4. The van der Waals surface area contributed by atoms with Gasteiger partial charge in [-0.1, -0.05) is 6.07 Å². The average Bonchev–Trinajstić information content (AvgIpc) is 2.75. The van der Waals surface area contributed by atoms with E-state index in [1.165, 1.54) is 19.5 Å². The van der Waals surface area contributed by atoms with E-state index in [-0.39, 0.29) is 0 Å². The number of rotatable bonds is 5. The zero-order valence-corrected chi connectivity index (χ0v) is 11.7. The van der Waals surface area contributed by atoms with Crippen molar-refractivity contribution in [1.29, 1.82) is 0 Å². The van der Waals surface area contributed by atoms with Crippen molar-refractivity contribution in [2.45, 2.75) is 13.3 Å². The summed E-state index contributed by atoms with van der Waals surface area (Å²) in [7, 11) is 4.33. The van der Waals surface area contributed by atoms with Crippen LogP contribution in [0.1, 0.15) is 13.3 Å². The monoisotopic (exact) mass is 248 g/mol. The molecule has 1 aromatic rings. The van der Waals surface area contributed by atoms with Gasteiger partial charge >= 0.3 is 0 Å². The summed E-state index contributed by atoms with van der Waals surface area (Å²) in [6.07, 6.45) is 1.30. The Morgan fingerprint density at radius 1 is 1.50 bits per heavy atom. The van der Waals surface area contributed by atoms with Crippen LogP contribution < -0.4 is 10.2 Å². The van der Waals surface area contributed by atoms with Gasteiger partial charge in [-0.05, 0) is 45.0 Å². The van der Waals surface area contributed by atoms with Crippen molar-refractivity contribution in [3.8, 4) is 0 Å². The zero-order valence-electron chi connectivity index (χ0n) is 11.7. The predicted octanol–water partition coefficient (Wildman–Crippen LogP) is 1.90. The summed E-state index contributed by atoms with van der Waals surface area (Å²) in [5, 5.41) is 3.26. The molecule has 1 aromatic heterocycles. The van der Waals surface area contributed by atoms with Crippen molar-refractivity contribution >= 4 is 11.6 Å². The highest BCUT2D eigenvalue weighted by Crippen LogP contribution is 2.19. The van der Waals surface area contributed by atoms with Gasteiger partial charge in [0.1, 0.15) is 11.6 Å². The molecule has 18 heavy (non-hydrogen) atoms. The molecule has 0 aliphatic carbocycles. The minimum atomic E-state index is 0.768. The molecule has 100 valence electrons. The quantitative estimate of drug-likeness (QED) is 0.862. The zero-order chi connectivity index (χ0) is 13.0. The summed E-state index contributed by atoms with van der Waals surface area (Å²) < 4.78 is 0. The Morgan fingerprint density at radius 2 is 2.33 bits per heavy atom. The maximum atomic E-state index is 4.62. The van der Waals surface area contributed by atoms with E-state index in [0.29, 0.717) is 0 Å². The van der Waals surface area contributed by atoms with Crippen LogP contribution in [0, 0.1) is 5.92 Å². The fraction of sp³-hybridized carbons (Fsp3) is 0.643. The third-order valence-electron chi connectivity index (χ3n) is 3.50. The number of likely N-dealkylation sites (tertiary alicyclic amines) is 1. The number of aromatic nitrogens is 1. The molecule has 1 saturated heterocycles. The second-order valence-electron chi connectivity index (χ2n) is 5.21. The number of nitrogens with one attached hydrogen (secondary N) is 1. The first-order valence-corrected chi connectivity index (χ1v) is 6.79. The highest BCUT2D eigenvalue weighted by Gasteiger charge is 2.21. The summed E-state index contributed by atoms with van der Waals surface area (Å²) in [4.78, 5) is 9.30. The van der Waals surface area contributed by atoms with E-state index in [4.69, 9.17) is 0 Å². The highest BCUT2D eigenvalue weighted by atomic mass is 15.2. The summed E-state index contributed by atoms with van der Waals surface area (Å²) in [5.74, 6) is 2.79. The third-order valence-corrected chi connectivity index (χ3v) is 3.50. The molecule has 0 radical (unpaired) electrons. The van der Waals surface area contributed by atoms with Crippen molar-refractivity contribution in [2.75, 3.05) is 50.5 Å². The first-order valence-electron chi connectivity index (χ1n) is 6.79. The van der Waals surface area contributed by atoms with Gasteiger partial charge in [0.05, 0.1) is 0 Å². The van der Waals surface area contributed by atoms with Crippen LogP contribution in [0.25, 0.3) is 0 Å². The molecule has 2 heterocycles. The number of anilines is 2. The van der Waals surface area contributed by atoms with E-state index in [1.54, 1.807) is 0 Å². The van der Waals surface area contributed by atoms with Gasteiger partial charge in [-0.25, -0.2) is 4.98 Å². The van der Waals surface area contributed by atoms with Crippen LogP contribution in [0.15, 0.2) is 18.2 Å². The molecule has 4 heteroatoms. The van der Waals surface area contributed by atoms with Crippen LogP contribution in [-0.4, -0.2) is 50.2 Å². The van der Waals surface area contributed by atoms with Gasteiger partial charge in [0.25, 0.3) is 0 Å². The second-order valence-corrected chi connectivity index (χ2v) is 5.21. The minimum absolute atomic E-state index is 0.768. The molecule has 0 saturated carbocycles. The summed E-state index contributed by atoms with van der Waals surface area (Å²) >= 11 is 0. The second kappa shape index (κ2) is 6.05. The molecule has 1 atom stereocenters. The highest BCUT2D eigenvalue weighted by molar-refractivity contribution is 5.46. The van der Waals surface area contributed by atoms with Crippen LogP contribution >= 0.6 is 0 Å². The Kier molecular flexibility index (Phi) is 4.42. The van der Waals surface area contributed by atoms with Crippen molar-refractivity contribution in [3.05, 3.63) is 18.2 Å². The lowest BCUT2D eigenvalue weighted by molar-refractivity contribution is 0.395. The van der Waals surface area contributed by atoms with Crippen LogP contribution in [0.3, 0.4) is 0 Å². The van der Waals surface area contributed by atoms with E-state index >= 15 is 0 Å². The van der Waals surface area contributed by atoms with Crippen LogP contribution in [-0.2, 0) is 0 Å². The molecule has 0 spiro atoms. The maximum Gasteiger partial charge on any atom is 0.130 e. The molecule has 1 N–H and O–H groups in total. The molecule has 0 amide bonds. The molecule has 1 fully saturated rings. The van der Waals surface area contributed by atoms with Gasteiger partial charge in [0.15, 0.2) is 0 Å². The molecular weight excluding hydrogens is 224 g/mol. The smallest absolute Gasteiger partial charge is 0.130 e. The van der Waals surface area contributed by atoms with E-state index in [2.05, 4.69) is 53.3 Å². The van der Waals surface area contributed by atoms with E-state index in [0.717, 1.165) is 30.6 Å². The average molecular weight is 248 g/mol. The lowest BCUT2D eigenvalue weighted by Crippen LogP contribution is -2.27. The summed E-state index contributed by atoms with van der Waals surface area (Å²) in [5.41, 5.74) is 0. The molecule has 1 aliphatic rings. The lowest BCUT2D eigenvalue weighted by Gasteiger charge is -2.22. The van der Waals surface area contributed by atoms with Gasteiger partial charge in [-0.2, -0.15) is 0 Å². The normalized spacial score (nSPS) is 20.1. The summed E-state index contributed by atoms with van der Waals surface area (Å²) in [6.45, 7) is 6.52. The number of hydrogen-bond donors (Lipinski definition) is 1. The first kappa shape index (κ1) is 13.1. The van der Waals surface area contributed by atoms with E-state index in [9.17, 15) is 0 Å². The largest absolute Gasteiger partial charge is 0.370 e. The SMILES string of the molecule is CCNc1cccc(N(C)CC2CCN(C)C2)n1. The van der Waals surface area contributed by atoms with E-state index in [1.807, 2.05) is 6.07 Å². The standard InChI is InChI=1S/C14H24N4/c1-4-15-13-6-5-7-14(16-13)18(3)11-12-8-9-17(2)10-12/h5-7,12H,4,8-11H2,1-3H3,(H,15,16). The van der Waals surface area contributed by atoms with Gasteiger partial charge < -0.3 is 15.1 Å². The van der Waals surface area contributed by atoms with Crippen LogP contribution in [0.5, 0.6) is 0 Å². The fourth-order valence-corrected chi connectivity index (χ4v) is 2.57. The van der Waals surface area contributed by atoms with E-state index < -0.39 is 0 Å². The van der Waals surface area contributed by atoms with Crippen molar-refractivity contribution in [2.24, 2.45) is 5.92 Å². The molecule has 0 aromatic carbocycles. The van der Waals surface area contributed by atoms with Gasteiger partial charge in [0, 0.05) is 26.7 Å². The third kappa shape index (κ3) is 3.35. The topological polar surface area (TPSA) is 31.4 Å². The Morgan fingerprint density at radius 3 is 3.00 bits per heavy atom. The molecule has 4 nitrogen and oxygen atoms in total. The number of pyridine rings is 1. The minimum Gasteiger partial charge on any atom is -0.370 e. The predicted molar refractivity (Wildman–Crippen MR) is 77.3 cm³/mol. The molecule has 0 bridgehead atoms. The Labute approximate surface area is 110 Å².